The fraction of sp³-hybridized carbons (Fsp3) is 0.500. The molecule has 0 aliphatic heterocycles. The van der Waals surface area contributed by atoms with E-state index in [0.717, 1.165) is 18.4 Å². The summed E-state index contributed by atoms with van der Waals surface area (Å²) in [5.74, 6) is 0. The van der Waals surface area contributed by atoms with Crippen molar-refractivity contribution in [1.82, 2.24) is 0 Å². The van der Waals surface area contributed by atoms with Crippen molar-refractivity contribution in [3.8, 4) is 0 Å². The molecule has 0 radical (unpaired) electrons. The van der Waals surface area contributed by atoms with Crippen molar-refractivity contribution in [2.45, 2.75) is 32.2 Å². The van der Waals surface area contributed by atoms with Gasteiger partial charge in [-0.25, -0.2) is 0 Å². The molecule has 0 atom stereocenters. The number of rotatable bonds is 4. The first-order chi connectivity index (χ1) is 8.54. The molecule has 0 heterocycles. The Balaban J connectivity index is 3.13. The van der Waals surface area contributed by atoms with Crippen LogP contribution >= 0.6 is 81.2 Å². The summed E-state index contributed by atoms with van der Waals surface area (Å²) in [4.78, 5) is 0. The van der Waals surface area contributed by atoms with Crippen molar-refractivity contribution in [3.63, 3.8) is 0 Å². The maximum Gasteiger partial charge on any atom is 0.226 e. The molecule has 0 bridgehead atoms. The summed E-state index contributed by atoms with van der Waals surface area (Å²) >= 11 is 41.7. The minimum absolute atomic E-state index is 0.465. The van der Waals surface area contributed by atoms with Crippen LogP contribution in [0.15, 0.2) is 24.3 Å². The number of benzene rings is 1. The van der Waals surface area contributed by atoms with Crippen LogP contribution in [0.5, 0.6) is 0 Å². The minimum Gasteiger partial charge on any atom is -0.0930 e. The van der Waals surface area contributed by atoms with Crippen LogP contribution in [0.1, 0.15) is 24.5 Å². The predicted molar refractivity (Wildman–Crippen MR) is 88.5 cm³/mol. The van der Waals surface area contributed by atoms with E-state index in [2.05, 4.69) is 6.92 Å². The van der Waals surface area contributed by atoms with Crippen LogP contribution in [0.2, 0.25) is 0 Å². The maximum atomic E-state index is 6.22. The normalized spacial score (nSPS) is 13.7. The Morgan fingerprint density at radius 3 is 1.68 bits per heavy atom. The lowest BCUT2D eigenvalue weighted by molar-refractivity contribution is 0.698. The monoisotopic (exact) mass is 400 g/mol. The average molecular weight is 403 g/mol. The first kappa shape index (κ1) is 18.3. The zero-order chi connectivity index (χ0) is 14.9. The third-order valence-corrected chi connectivity index (χ3v) is 6.56. The van der Waals surface area contributed by atoms with Gasteiger partial charge in [-0.2, -0.15) is 0 Å². The molecule has 1 aromatic rings. The highest BCUT2D eigenvalue weighted by Gasteiger charge is 2.60. The highest BCUT2D eigenvalue weighted by atomic mass is 35.6. The van der Waals surface area contributed by atoms with E-state index in [-0.39, 0.29) is 0 Å². The first-order valence-corrected chi connectivity index (χ1v) is 8.10. The second-order valence-electron chi connectivity index (χ2n) is 4.09. The van der Waals surface area contributed by atoms with Gasteiger partial charge in [0, 0.05) is 0 Å². The van der Waals surface area contributed by atoms with E-state index in [1.165, 1.54) is 0 Å². The number of hydrogen-bond donors (Lipinski definition) is 0. The molecule has 0 fully saturated rings. The van der Waals surface area contributed by atoms with Crippen LogP contribution in [-0.4, -0.2) is 8.13 Å². The fourth-order valence-corrected chi connectivity index (χ4v) is 3.00. The zero-order valence-corrected chi connectivity index (χ0v) is 15.2. The lowest BCUT2D eigenvalue weighted by atomic mass is 10.0. The van der Waals surface area contributed by atoms with Gasteiger partial charge in [0.05, 0.1) is 0 Å². The van der Waals surface area contributed by atoms with Crippen molar-refractivity contribution in [2.75, 3.05) is 0 Å². The van der Waals surface area contributed by atoms with E-state index in [4.69, 9.17) is 81.2 Å². The molecular weight excluding hydrogens is 392 g/mol. The van der Waals surface area contributed by atoms with Gasteiger partial charge in [-0.1, -0.05) is 119 Å². The van der Waals surface area contributed by atoms with E-state index in [1.54, 1.807) is 12.1 Å². The van der Waals surface area contributed by atoms with Gasteiger partial charge in [0.2, 0.25) is 8.13 Å². The van der Waals surface area contributed by atoms with E-state index in [9.17, 15) is 0 Å². The van der Waals surface area contributed by atoms with Gasteiger partial charge < -0.3 is 0 Å². The van der Waals surface area contributed by atoms with Gasteiger partial charge in [-0.15, -0.1) is 0 Å². The Bertz CT molecular complexity index is 417. The standard InChI is InChI=1S/C12H11Cl7/c1-2-3-8-4-6-9(7-5-8)10(13,14)11(15,16)12(17,18)19/h4-7H,2-3H2,1H3. The maximum absolute atomic E-state index is 6.22. The highest BCUT2D eigenvalue weighted by molar-refractivity contribution is 6.78. The molecule has 0 saturated carbocycles. The number of hydrogen-bond acceptors (Lipinski definition) is 0. The molecule has 1 aromatic carbocycles. The zero-order valence-electron chi connectivity index (χ0n) is 9.87. The van der Waals surface area contributed by atoms with Crippen LogP contribution in [0, 0.1) is 0 Å². The summed E-state index contributed by atoms with van der Waals surface area (Å²) in [6.07, 6.45) is 1.99. The second kappa shape index (κ2) is 6.57. The molecule has 19 heavy (non-hydrogen) atoms. The molecule has 0 aromatic heterocycles. The Kier molecular flexibility index (Phi) is 6.32. The summed E-state index contributed by atoms with van der Waals surface area (Å²) in [6, 6.07) is 7.23. The topological polar surface area (TPSA) is 0 Å². The summed E-state index contributed by atoms with van der Waals surface area (Å²) in [6.45, 7) is 2.09. The van der Waals surface area contributed by atoms with Gasteiger partial charge in [-0.3, -0.25) is 0 Å². The lowest BCUT2D eigenvalue weighted by Crippen LogP contribution is -2.45. The number of halogens is 7. The molecule has 108 valence electrons. The molecule has 0 spiro atoms. The van der Waals surface area contributed by atoms with Gasteiger partial charge in [0.1, 0.15) is 0 Å². The number of alkyl halides is 7. The van der Waals surface area contributed by atoms with Crippen LogP contribution in [0.25, 0.3) is 0 Å². The summed E-state index contributed by atoms with van der Waals surface area (Å²) in [5, 5.41) is 0. The quantitative estimate of drug-likeness (QED) is 0.484. The second-order valence-corrected chi connectivity index (χ2v) is 9.03. The van der Waals surface area contributed by atoms with Crippen molar-refractivity contribution in [1.29, 1.82) is 0 Å². The van der Waals surface area contributed by atoms with Crippen LogP contribution in [-0.2, 0) is 10.8 Å². The molecule has 0 N–H and O–H groups in total. The van der Waals surface area contributed by atoms with Crippen molar-refractivity contribution < 1.29 is 0 Å². The van der Waals surface area contributed by atoms with E-state index >= 15 is 0 Å². The molecule has 0 aliphatic carbocycles. The van der Waals surface area contributed by atoms with Crippen molar-refractivity contribution in [2.24, 2.45) is 0 Å². The van der Waals surface area contributed by atoms with E-state index < -0.39 is 12.5 Å². The van der Waals surface area contributed by atoms with Gasteiger partial charge >= 0.3 is 0 Å². The highest BCUT2D eigenvalue weighted by Crippen LogP contribution is 2.60. The van der Waals surface area contributed by atoms with Gasteiger partial charge in [0.15, 0.2) is 4.33 Å². The third kappa shape index (κ3) is 3.92. The van der Waals surface area contributed by atoms with Crippen molar-refractivity contribution in [3.05, 3.63) is 35.4 Å². The Labute approximate surface area is 148 Å². The Morgan fingerprint density at radius 1 is 0.842 bits per heavy atom. The van der Waals surface area contributed by atoms with Gasteiger partial charge in [0.25, 0.3) is 0 Å². The lowest BCUT2D eigenvalue weighted by Gasteiger charge is -2.37. The molecular formula is C12H11Cl7. The predicted octanol–water partition coefficient (Wildman–Crippen LogP) is 6.81. The molecule has 0 aliphatic rings. The first-order valence-electron chi connectivity index (χ1n) is 5.45. The largest absolute Gasteiger partial charge is 0.226 e. The molecule has 0 unspecified atom stereocenters. The summed E-state index contributed by atoms with van der Waals surface area (Å²) < 4.78 is -5.80. The SMILES string of the molecule is CCCc1ccc(C(Cl)(Cl)C(Cl)(Cl)C(Cl)(Cl)Cl)cc1. The Morgan fingerprint density at radius 2 is 1.32 bits per heavy atom. The molecule has 7 heteroatoms. The third-order valence-electron chi connectivity index (χ3n) is 2.61. The molecule has 0 nitrogen and oxygen atoms in total. The fourth-order valence-electron chi connectivity index (χ4n) is 1.53. The molecule has 0 amide bonds. The molecule has 0 saturated heterocycles. The smallest absolute Gasteiger partial charge is 0.0930 e. The minimum atomic E-state index is -2.04. The Hall–Kier alpha value is 1.25. The summed E-state index contributed by atoms with van der Waals surface area (Å²) in [7, 11) is 0. The van der Waals surface area contributed by atoms with Crippen LogP contribution in [0.4, 0.5) is 0 Å². The van der Waals surface area contributed by atoms with E-state index in [1.807, 2.05) is 12.1 Å². The average Bonchev–Trinajstić information content (AvgIpc) is 2.28. The van der Waals surface area contributed by atoms with Crippen LogP contribution in [0.3, 0.4) is 0 Å². The van der Waals surface area contributed by atoms with Crippen LogP contribution < -0.4 is 0 Å². The number of aryl methyl sites for hydroxylation is 1. The van der Waals surface area contributed by atoms with E-state index in [0.29, 0.717) is 5.56 Å². The van der Waals surface area contributed by atoms with Crippen molar-refractivity contribution >= 4 is 81.2 Å². The van der Waals surface area contributed by atoms with Gasteiger partial charge in [-0.05, 0) is 17.5 Å². The molecule has 1 rings (SSSR count). The summed E-state index contributed by atoms with van der Waals surface area (Å²) in [5.41, 5.74) is 1.62.